The van der Waals surface area contributed by atoms with Gasteiger partial charge in [0, 0.05) is 30.4 Å². The maximum atomic E-state index is 13.2. The number of aromatic nitrogens is 1. The first-order valence-corrected chi connectivity index (χ1v) is 14.3. The van der Waals surface area contributed by atoms with Crippen molar-refractivity contribution in [3.63, 3.8) is 0 Å². The number of nitrogens with zero attached hydrogens (tertiary/aromatic N) is 1. The van der Waals surface area contributed by atoms with Crippen LogP contribution in [0.2, 0.25) is 0 Å². The average Bonchev–Trinajstić information content (AvgIpc) is 3.41. The topological polar surface area (TPSA) is 77.2 Å². The molecule has 192 valence electrons. The van der Waals surface area contributed by atoms with E-state index in [1.807, 2.05) is 4.90 Å². The van der Waals surface area contributed by atoms with Crippen LogP contribution in [0.3, 0.4) is 0 Å². The van der Waals surface area contributed by atoms with Gasteiger partial charge < -0.3 is 20.5 Å². The number of rotatable bonds is 5. The van der Waals surface area contributed by atoms with Crippen molar-refractivity contribution in [3.8, 4) is 0 Å². The second-order valence-corrected chi connectivity index (χ2v) is 13.7. The summed E-state index contributed by atoms with van der Waals surface area (Å²) in [6.07, 6.45) is 15.3. The van der Waals surface area contributed by atoms with Crippen molar-refractivity contribution in [1.82, 2.24) is 20.5 Å². The van der Waals surface area contributed by atoms with Gasteiger partial charge in [-0.05, 0) is 126 Å². The fraction of sp³-hybridized carbons (Fsp3) is 0.793. The number of hydrogen-bond acceptors (Lipinski definition) is 3. The summed E-state index contributed by atoms with van der Waals surface area (Å²) in [6, 6.07) is 2.56. The van der Waals surface area contributed by atoms with Crippen molar-refractivity contribution in [2.75, 3.05) is 6.54 Å². The van der Waals surface area contributed by atoms with Gasteiger partial charge in [0.1, 0.15) is 11.7 Å². The van der Waals surface area contributed by atoms with Gasteiger partial charge in [-0.2, -0.15) is 0 Å². The van der Waals surface area contributed by atoms with Crippen LogP contribution in [0.4, 0.5) is 0 Å². The van der Waals surface area contributed by atoms with Gasteiger partial charge in [0.25, 0.3) is 5.91 Å². The molecule has 35 heavy (non-hydrogen) atoms. The number of likely N-dealkylation sites (tertiary alicyclic amines) is 1. The third kappa shape index (κ3) is 4.56. The van der Waals surface area contributed by atoms with Crippen molar-refractivity contribution in [1.29, 1.82) is 0 Å². The van der Waals surface area contributed by atoms with E-state index in [1.165, 1.54) is 44.1 Å². The highest BCUT2D eigenvalue weighted by atomic mass is 16.2. The minimum absolute atomic E-state index is 0.110. The highest BCUT2D eigenvalue weighted by Gasteiger charge is 2.52. The monoisotopic (exact) mass is 480 g/mol. The van der Waals surface area contributed by atoms with Crippen molar-refractivity contribution >= 4 is 11.8 Å². The van der Waals surface area contributed by atoms with E-state index in [1.54, 1.807) is 0 Å². The Morgan fingerprint density at radius 1 is 1.00 bits per heavy atom. The number of carbonyl (C=O) groups excluding carboxylic acids is 2. The zero-order chi connectivity index (χ0) is 24.4. The molecule has 6 fully saturated rings. The lowest BCUT2D eigenvalue weighted by molar-refractivity contribution is -0.131. The van der Waals surface area contributed by atoms with Crippen LogP contribution in [-0.2, 0) is 10.2 Å². The zero-order valence-electron chi connectivity index (χ0n) is 21.9. The first-order valence-electron chi connectivity index (χ1n) is 14.3. The Morgan fingerprint density at radius 3 is 2.23 bits per heavy atom. The first-order chi connectivity index (χ1) is 16.7. The summed E-state index contributed by atoms with van der Waals surface area (Å²) in [4.78, 5) is 31.6. The van der Waals surface area contributed by atoms with Crippen LogP contribution in [0, 0.1) is 17.8 Å². The Hall–Kier alpha value is -1.82. The van der Waals surface area contributed by atoms with Crippen molar-refractivity contribution in [2.24, 2.45) is 17.8 Å². The summed E-state index contributed by atoms with van der Waals surface area (Å²) in [7, 11) is 0. The van der Waals surface area contributed by atoms with E-state index in [-0.39, 0.29) is 28.8 Å². The molecule has 4 bridgehead atoms. The van der Waals surface area contributed by atoms with Gasteiger partial charge in [-0.3, -0.25) is 9.59 Å². The maximum Gasteiger partial charge on any atom is 0.268 e. The van der Waals surface area contributed by atoms with E-state index in [0.717, 1.165) is 50.0 Å². The van der Waals surface area contributed by atoms with Crippen LogP contribution < -0.4 is 10.6 Å². The lowest BCUT2D eigenvalue weighted by Gasteiger charge is -2.56. The van der Waals surface area contributed by atoms with Gasteiger partial charge in [0.05, 0.1) is 0 Å². The lowest BCUT2D eigenvalue weighted by atomic mass is 9.48. The molecule has 6 heteroatoms. The first kappa shape index (κ1) is 23.6. The quantitative estimate of drug-likeness (QED) is 0.580. The van der Waals surface area contributed by atoms with Gasteiger partial charge in [0.2, 0.25) is 5.91 Å². The number of H-pyrrole nitrogens is 1. The highest BCUT2D eigenvalue weighted by molar-refractivity contribution is 5.97. The second-order valence-electron chi connectivity index (χ2n) is 13.7. The van der Waals surface area contributed by atoms with E-state index in [0.29, 0.717) is 24.2 Å². The molecule has 1 aromatic rings. The molecule has 6 nitrogen and oxygen atoms in total. The molecule has 7 rings (SSSR count). The largest absolute Gasteiger partial charge is 0.357 e. The molecule has 6 aliphatic rings. The number of amides is 2. The molecule has 0 radical (unpaired) electrons. The Bertz CT molecular complexity index is 932. The zero-order valence-corrected chi connectivity index (χ0v) is 21.9. The van der Waals surface area contributed by atoms with E-state index >= 15 is 0 Å². The fourth-order valence-corrected chi connectivity index (χ4v) is 8.87. The lowest BCUT2D eigenvalue weighted by Crippen LogP contribution is -2.49. The number of nitrogens with one attached hydrogen (secondary N) is 3. The van der Waals surface area contributed by atoms with E-state index < -0.39 is 0 Å². The van der Waals surface area contributed by atoms with Gasteiger partial charge in [0.15, 0.2) is 0 Å². The van der Waals surface area contributed by atoms with Gasteiger partial charge in [-0.1, -0.05) is 0 Å². The van der Waals surface area contributed by atoms with Crippen molar-refractivity contribution in [3.05, 3.63) is 23.5 Å². The summed E-state index contributed by atoms with van der Waals surface area (Å²) >= 11 is 0. The normalized spacial score (nSPS) is 38.8. The second kappa shape index (κ2) is 8.64. The van der Waals surface area contributed by atoms with Gasteiger partial charge in [-0.25, -0.2) is 0 Å². The van der Waals surface area contributed by atoms with Crippen molar-refractivity contribution in [2.45, 2.75) is 120 Å². The number of carbonyl (C=O) groups is 2. The smallest absolute Gasteiger partial charge is 0.268 e. The SMILES string of the molecule is CC(C)(C)NC1CCC(N2CC[C@H](NC(=O)c3cc(C45CC6CC(CC(C6)C4)C5)c[nH]3)C2=O)CC1. The number of aromatic amines is 1. The molecule has 2 heterocycles. The van der Waals surface area contributed by atoms with Crippen LogP contribution in [0.15, 0.2) is 12.3 Å². The van der Waals surface area contributed by atoms with Crippen LogP contribution in [0.25, 0.3) is 0 Å². The molecular weight excluding hydrogens is 436 g/mol. The summed E-state index contributed by atoms with van der Waals surface area (Å²) < 4.78 is 0. The minimum atomic E-state index is -0.390. The Morgan fingerprint density at radius 2 is 1.63 bits per heavy atom. The molecule has 0 spiro atoms. The molecule has 3 N–H and O–H groups in total. The predicted octanol–water partition coefficient (Wildman–Crippen LogP) is 4.51. The van der Waals surface area contributed by atoms with Crippen molar-refractivity contribution < 1.29 is 9.59 Å². The van der Waals surface area contributed by atoms with Crippen LogP contribution in [-0.4, -0.2) is 51.9 Å². The number of hydrogen-bond donors (Lipinski definition) is 3. The maximum absolute atomic E-state index is 13.2. The summed E-state index contributed by atoms with van der Waals surface area (Å²) in [5.41, 5.74) is 2.37. The predicted molar refractivity (Wildman–Crippen MR) is 137 cm³/mol. The van der Waals surface area contributed by atoms with Gasteiger partial charge >= 0.3 is 0 Å². The molecule has 1 saturated heterocycles. The molecule has 1 aliphatic heterocycles. The molecule has 0 aromatic carbocycles. The Labute approximate surface area is 210 Å². The Balaban J connectivity index is 1.05. The summed E-state index contributed by atoms with van der Waals surface area (Å²) in [5.74, 6) is 2.64. The van der Waals surface area contributed by atoms with E-state index in [9.17, 15) is 9.59 Å². The highest BCUT2D eigenvalue weighted by Crippen LogP contribution is 2.60. The van der Waals surface area contributed by atoms with Crippen LogP contribution >= 0.6 is 0 Å². The molecule has 5 aliphatic carbocycles. The molecule has 2 amide bonds. The van der Waals surface area contributed by atoms with Crippen LogP contribution in [0.1, 0.15) is 107 Å². The fourth-order valence-electron chi connectivity index (χ4n) is 8.87. The molecule has 0 unspecified atom stereocenters. The van der Waals surface area contributed by atoms with Gasteiger partial charge in [-0.15, -0.1) is 0 Å². The third-order valence-electron chi connectivity index (χ3n) is 9.90. The summed E-state index contributed by atoms with van der Waals surface area (Å²) in [5, 5.41) is 6.78. The summed E-state index contributed by atoms with van der Waals surface area (Å²) in [6.45, 7) is 7.40. The van der Waals surface area contributed by atoms with E-state index in [2.05, 4.69) is 48.7 Å². The molecule has 1 aromatic heterocycles. The van der Waals surface area contributed by atoms with Crippen LogP contribution in [0.5, 0.6) is 0 Å². The molecule has 1 atom stereocenters. The van der Waals surface area contributed by atoms with E-state index in [4.69, 9.17) is 0 Å². The average molecular weight is 481 g/mol. The molecular formula is C29H44N4O2. The minimum Gasteiger partial charge on any atom is -0.357 e. The standard InChI is InChI=1S/C29H44N4O2/c1-28(2,3)32-22-4-6-23(7-5-22)33-9-8-24(27(33)35)31-26(34)25-13-21(17-30-25)29-14-18-10-19(15-29)12-20(11-18)16-29/h13,17-20,22-24,30,32H,4-12,14-16H2,1-3H3,(H,31,34)/t18?,19?,20?,22?,23?,24-,29?/m0/s1. The third-order valence-corrected chi connectivity index (χ3v) is 9.90. The Kier molecular flexibility index (Phi) is 5.82. The molecule has 5 saturated carbocycles.